The lowest BCUT2D eigenvalue weighted by molar-refractivity contribution is 0.915. The van der Waals surface area contributed by atoms with E-state index in [1.54, 1.807) is 0 Å². The minimum atomic E-state index is 0.535. The summed E-state index contributed by atoms with van der Waals surface area (Å²) in [5.74, 6) is 0. The Kier molecular flexibility index (Phi) is 5.24. The number of hydrogen-bond donors (Lipinski definition) is 2. The van der Waals surface area contributed by atoms with Gasteiger partial charge in [0.2, 0.25) is 0 Å². The van der Waals surface area contributed by atoms with E-state index >= 15 is 0 Å². The van der Waals surface area contributed by atoms with E-state index in [4.69, 9.17) is 35.4 Å². The van der Waals surface area contributed by atoms with Gasteiger partial charge in [0.25, 0.3) is 0 Å². The highest BCUT2D eigenvalue weighted by Gasteiger charge is 2.03. The Hall–Kier alpha value is -1.29. The summed E-state index contributed by atoms with van der Waals surface area (Å²) < 4.78 is 0. The second-order valence-corrected chi connectivity index (χ2v) is 5.61. The van der Waals surface area contributed by atoms with Crippen LogP contribution >= 0.6 is 35.4 Å². The Labute approximate surface area is 134 Å². The van der Waals surface area contributed by atoms with Crippen LogP contribution in [0.3, 0.4) is 0 Å². The van der Waals surface area contributed by atoms with E-state index in [1.807, 2.05) is 49.4 Å². The molecule has 0 amide bonds. The van der Waals surface area contributed by atoms with Gasteiger partial charge in [-0.1, -0.05) is 41.4 Å². The molecule has 0 atom stereocenters. The Morgan fingerprint density at radius 3 is 2.60 bits per heavy atom. The summed E-state index contributed by atoms with van der Waals surface area (Å²) in [7, 11) is 0. The van der Waals surface area contributed by atoms with Crippen LogP contribution in [0.4, 0.5) is 5.69 Å². The molecule has 2 aromatic carbocycles. The first kappa shape index (κ1) is 15.1. The van der Waals surface area contributed by atoms with Crippen molar-refractivity contribution in [2.75, 3.05) is 5.32 Å². The summed E-state index contributed by atoms with van der Waals surface area (Å²) in [6, 6.07) is 13.3. The lowest BCUT2D eigenvalue weighted by Gasteiger charge is -2.13. The highest BCUT2D eigenvalue weighted by atomic mass is 35.5. The zero-order valence-corrected chi connectivity index (χ0v) is 13.2. The van der Waals surface area contributed by atoms with Gasteiger partial charge in [0.15, 0.2) is 5.11 Å². The molecule has 0 heterocycles. The number of anilines is 1. The highest BCUT2D eigenvalue weighted by Crippen LogP contribution is 2.20. The van der Waals surface area contributed by atoms with E-state index in [1.165, 1.54) is 0 Å². The second-order valence-electron chi connectivity index (χ2n) is 4.36. The summed E-state index contributed by atoms with van der Waals surface area (Å²) in [5, 5.41) is 8.14. The first-order valence-electron chi connectivity index (χ1n) is 6.10. The number of halogens is 2. The van der Waals surface area contributed by atoms with Crippen LogP contribution in [-0.2, 0) is 6.54 Å². The van der Waals surface area contributed by atoms with E-state index in [-0.39, 0.29) is 0 Å². The molecule has 20 heavy (non-hydrogen) atoms. The fourth-order valence-corrected chi connectivity index (χ4v) is 2.35. The highest BCUT2D eigenvalue weighted by molar-refractivity contribution is 7.80. The molecule has 0 radical (unpaired) electrons. The van der Waals surface area contributed by atoms with E-state index in [0.29, 0.717) is 16.7 Å². The molecule has 0 unspecified atom stereocenters. The molecule has 0 aromatic heterocycles. The number of benzene rings is 2. The van der Waals surface area contributed by atoms with Gasteiger partial charge in [0, 0.05) is 11.6 Å². The van der Waals surface area contributed by atoms with E-state index in [9.17, 15) is 0 Å². The van der Waals surface area contributed by atoms with Gasteiger partial charge in [-0.3, -0.25) is 0 Å². The van der Waals surface area contributed by atoms with Gasteiger partial charge < -0.3 is 10.6 Å². The molecule has 0 aliphatic carbocycles. The maximum atomic E-state index is 6.06. The van der Waals surface area contributed by atoms with Crippen LogP contribution in [0.2, 0.25) is 10.0 Å². The number of aryl methyl sites for hydroxylation is 1. The molecule has 0 bridgehead atoms. The van der Waals surface area contributed by atoms with Gasteiger partial charge in [-0.05, 0) is 54.5 Å². The summed E-state index contributed by atoms with van der Waals surface area (Å²) in [5.41, 5.74) is 3.07. The largest absolute Gasteiger partial charge is 0.358 e. The maximum Gasteiger partial charge on any atom is 0.171 e. The Morgan fingerprint density at radius 1 is 1.15 bits per heavy atom. The van der Waals surface area contributed by atoms with E-state index in [2.05, 4.69) is 10.6 Å². The van der Waals surface area contributed by atoms with Crippen LogP contribution in [0, 0.1) is 6.92 Å². The number of rotatable bonds is 3. The van der Waals surface area contributed by atoms with Crippen molar-refractivity contribution in [3.63, 3.8) is 0 Å². The van der Waals surface area contributed by atoms with Crippen LogP contribution in [0.25, 0.3) is 0 Å². The molecule has 2 aromatic rings. The van der Waals surface area contributed by atoms with Gasteiger partial charge in [0.1, 0.15) is 0 Å². The molecular weight excluding hydrogens is 311 g/mol. The number of hydrogen-bond acceptors (Lipinski definition) is 1. The summed E-state index contributed by atoms with van der Waals surface area (Å²) in [6.45, 7) is 2.66. The topological polar surface area (TPSA) is 24.1 Å². The lowest BCUT2D eigenvalue weighted by atomic mass is 10.1. The minimum absolute atomic E-state index is 0.535. The quantitative estimate of drug-likeness (QED) is 0.794. The molecule has 0 fully saturated rings. The average Bonchev–Trinajstić information content (AvgIpc) is 2.40. The van der Waals surface area contributed by atoms with Gasteiger partial charge in [0.05, 0.1) is 10.7 Å². The van der Waals surface area contributed by atoms with Crippen molar-refractivity contribution in [1.82, 2.24) is 5.32 Å². The van der Waals surface area contributed by atoms with Crippen LogP contribution < -0.4 is 10.6 Å². The zero-order chi connectivity index (χ0) is 14.5. The fraction of sp³-hybridized carbons (Fsp3) is 0.133. The van der Waals surface area contributed by atoms with E-state index in [0.717, 1.165) is 21.8 Å². The van der Waals surface area contributed by atoms with Crippen molar-refractivity contribution >= 4 is 46.2 Å². The third-order valence-electron chi connectivity index (χ3n) is 2.87. The maximum absolute atomic E-state index is 6.06. The van der Waals surface area contributed by atoms with Crippen LogP contribution in [0.15, 0.2) is 42.5 Å². The summed E-state index contributed by atoms with van der Waals surface area (Å²) in [4.78, 5) is 0. The van der Waals surface area contributed by atoms with Crippen LogP contribution in [0.5, 0.6) is 0 Å². The smallest absolute Gasteiger partial charge is 0.171 e. The molecule has 0 spiro atoms. The minimum Gasteiger partial charge on any atom is -0.358 e. The van der Waals surface area contributed by atoms with Crippen molar-refractivity contribution in [3.05, 3.63) is 63.6 Å². The van der Waals surface area contributed by atoms with Crippen molar-refractivity contribution in [2.45, 2.75) is 13.5 Å². The van der Waals surface area contributed by atoms with Gasteiger partial charge in [-0.25, -0.2) is 0 Å². The van der Waals surface area contributed by atoms with Crippen molar-refractivity contribution in [1.29, 1.82) is 0 Å². The molecule has 2 nitrogen and oxygen atoms in total. The SMILES string of the molecule is Cc1cc(Cl)ccc1CNC(=S)Nc1ccccc1Cl. The Bertz CT molecular complexity index is 629. The molecule has 0 aliphatic heterocycles. The van der Waals surface area contributed by atoms with Gasteiger partial charge >= 0.3 is 0 Å². The monoisotopic (exact) mass is 324 g/mol. The first-order chi connectivity index (χ1) is 9.56. The Balaban J connectivity index is 1.94. The second kappa shape index (κ2) is 6.93. The van der Waals surface area contributed by atoms with Crippen molar-refractivity contribution in [3.8, 4) is 0 Å². The molecule has 0 aliphatic rings. The third kappa shape index (κ3) is 4.10. The first-order valence-corrected chi connectivity index (χ1v) is 7.27. The molecule has 2 rings (SSSR count). The number of para-hydroxylation sites is 1. The van der Waals surface area contributed by atoms with Crippen LogP contribution in [-0.4, -0.2) is 5.11 Å². The van der Waals surface area contributed by atoms with Crippen molar-refractivity contribution < 1.29 is 0 Å². The zero-order valence-electron chi connectivity index (χ0n) is 10.9. The van der Waals surface area contributed by atoms with Crippen molar-refractivity contribution in [2.24, 2.45) is 0 Å². The molecule has 2 N–H and O–H groups in total. The predicted molar refractivity (Wildman–Crippen MR) is 90.7 cm³/mol. The third-order valence-corrected chi connectivity index (χ3v) is 3.68. The van der Waals surface area contributed by atoms with Gasteiger partial charge in [-0.15, -0.1) is 0 Å². The molecule has 104 valence electrons. The lowest BCUT2D eigenvalue weighted by Crippen LogP contribution is -2.28. The fourth-order valence-electron chi connectivity index (χ4n) is 1.76. The predicted octanol–water partition coefficient (Wildman–Crippen LogP) is 4.79. The average molecular weight is 325 g/mol. The normalized spacial score (nSPS) is 10.2. The molecular formula is C15H14Cl2N2S. The number of thiocarbonyl (C=S) groups is 1. The van der Waals surface area contributed by atoms with Crippen LogP contribution in [0.1, 0.15) is 11.1 Å². The summed E-state index contributed by atoms with van der Waals surface area (Å²) >= 11 is 17.3. The Morgan fingerprint density at radius 2 is 1.90 bits per heavy atom. The standard InChI is InChI=1S/C15H14Cl2N2S/c1-10-8-12(16)7-6-11(10)9-18-15(20)19-14-5-3-2-4-13(14)17/h2-8H,9H2,1H3,(H2,18,19,20). The van der Waals surface area contributed by atoms with Gasteiger partial charge in [-0.2, -0.15) is 0 Å². The molecule has 0 saturated heterocycles. The molecule has 5 heteroatoms. The summed E-state index contributed by atoms with van der Waals surface area (Å²) in [6.07, 6.45) is 0. The number of nitrogens with one attached hydrogen (secondary N) is 2. The molecule has 0 saturated carbocycles. The van der Waals surface area contributed by atoms with E-state index < -0.39 is 0 Å².